The van der Waals surface area contributed by atoms with Crippen molar-refractivity contribution in [1.29, 1.82) is 5.26 Å². The smallest absolute Gasteiger partial charge is 0.387 e. The van der Waals surface area contributed by atoms with E-state index in [-0.39, 0.29) is 11.5 Å². The second kappa shape index (κ2) is 6.11. The van der Waals surface area contributed by atoms with Crippen molar-refractivity contribution in [3.63, 3.8) is 0 Å². The molecule has 8 heteroatoms. The van der Waals surface area contributed by atoms with Crippen molar-refractivity contribution >= 4 is 0 Å². The Hall–Kier alpha value is -3.47. The van der Waals surface area contributed by atoms with E-state index in [4.69, 9.17) is 10.00 Å². The summed E-state index contributed by atoms with van der Waals surface area (Å²) in [6, 6.07) is 8.60. The summed E-state index contributed by atoms with van der Waals surface area (Å²) in [4.78, 5) is 4.06. The highest BCUT2D eigenvalue weighted by atomic mass is 19.3. The molecule has 2 aromatic heterocycles. The lowest BCUT2D eigenvalue weighted by Gasteiger charge is -2.12. The number of halogens is 2. The summed E-state index contributed by atoms with van der Waals surface area (Å²) in [7, 11) is 1.40. The second-order valence-electron chi connectivity index (χ2n) is 5.69. The fourth-order valence-corrected chi connectivity index (χ4v) is 3.12. The SMILES string of the molecule is COc1cc2c(cc1OC(F)F)Cc1c(-c3ccc(C#N)nc3)n[nH]c1-2. The fourth-order valence-electron chi connectivity index (χ4n) is 3.12. The van der Waals surface area contributed by atoms with Gasteiger partial charge in [-0.15, -0.1) is 0 Å². The molecule has 130 valence electrons. The number of nitriles is 1. The summed E-state index contributed by atoms with van der Waals surface area (Å²) in [5.41, 5.74) is 5.22. The van der Waals surface area contributed by atoms with Gasteiger partial charge in [0.25, 0.3) is 0 Å². The normalized spacial score (nSPS) is 11.8. The minimum Gasteiger partial charge on any atom is -0.493 e. The molecular formula is C18H12F2N4O2. The number of aromatic amines is 1. The topological polar surface area (TPSA) is 83.8 Å². The zero-order valence-corrected chi connectivity index (χ0v) is 13.6. The Morgan fingerprint density at radius 1 is 1.27 bits per heavy atom. The molecule has 3 aromatic rings. The lowest BCUT2D eigenvalue weighted by molar-refractivity contribution is -0.0512. The van der Waals surface area contributed by atoms with Gasteiger partial charge >= 0.3 is 6.61 Å². The fraction of sp³-hybridized carbons (Fsp3) is 0.167. The number of methoxy groups -OCH3 is 1. The molecule has 0 atom stereocenters. The van der Waals surface area contributed by atoms with Crippen molar-refractivity contribution in [1.82, 2.24) is 15.2 Å². The number of alkyl halides is 2. The van der Waals surface area contributed by atoms with Gasteiger partial charge in [0.15, 0.2) is 11.5 Å². The lowest BCUT2D eigenvalue weighted by atomic mass is 10.1. The van der Waals surface area contributed by atoms with E-state index < -0.39 is 6.61 Å². The maximum absolute atomic E-state index is 12.6. The summed E-state index contributed by atoms with van der Waals surface area (Å²) in [5, 5.41) is 16.2. The molecule has 0 saturated heterocycles. The number of rotatable bonds is 4. The van der Waals surface area contributed by atoms with Crippen LogP contribution in [0.1, 0.15) is 16.8 Å². The molecular weight excluding hydrogens is 342 g/mol. The number of nitrogens with zero attached hydrogens (tertiary/aromatic N) is 3. The van der Waals surface area contributed by atoms with Crippen molar-refractivity contribution in [2.24, 2.45) is 0 Å². The van der Waals surface area contributed by atoms with Crippen molar-refractivity contribution in [2.45, 2.75) is 13.0 Å². The molecule has 6 nitrogen and oxygen atoms in total. The molecule has 1 N–H and O–H groups in total. The number of nitrogens with one attached hydrogen (secondary N) is 1. The van der Waals surface area contributed by atoms with Gasteiger partial charge in [-0.25, -0.2) is 4.98 Å². The summed E-state index contributed by atoms with van der Waals surface area (Å²) in [5.74, 6) is 0.231. The monoisotopic (exact) mass is 354 g/mol. The predicted octanol–water partition coefficient (Wildman–Crippen LogP) is 3.52. The molecule has 0 bridgehead atoms. The highest BCUT2D eigenvalue weighted by molar-refractivity contribution is 5.82. The maximum atomic E-state index is 12.6. The van der Waals surface area contributed by atoms with Crippen LogP contribution >= 0.6 is 0 Å². The molecule has 2 heterocycles. The number of ether oxygens (including phenoxy) is 2. The first-order valence-electron chi connectivity index (χ1n) is 7.70. The quantitative estimate of drug-likeness (QED) is 0.606. The number of benzene rings is 1. The van der Waals surface area contributed by atoms with Gasteiger partial charge in [-0.1, -0.05) is 0 Å². The number of pyridine rings is 1. The summed E-state index contributed by atoms with van der Waals surface area (Å²) < 4.78 is 35.0. The van der Waals surface area contributed by atoms with E-state index in [2.05, 4.69) is 19.9 Å². The number of hydrogen-bond donors (Lipinski definition) is 1. The maximum Gasteiger partial charge on any atom is 0.387 e. The standard InChI is InChI=1S/C18H12F2N4O2/c1-25-14-6-12-10(5-15(14)26-18(19)20)4-13-16(23-24-17(12)13)9-2-3-11(7-21)22-8-9/h2-3,5-6,8,18H,4H2,1H3,(H,23,24). The molecule has 0 fully saturated rings. The lowest BCUT2D eigenvalue weighted by Crippen LogP contribution is -2.04. The molecule has 4 rings (SSSR count). The summed E-state index contributed by atoms with van der Waals surface area (Å²) in [6.07, 6.45) is 2.10. The van der Waals surface area contributed by atoms with E-state index in [0.717, 1.165) is 27.9 Å². The van der Waals surface area contributed by atoms with Crippen LogP contribution < -0.4 is 9.47 Å². The molecule has 26 heavy (non-hydrogen) atoms. The van der Waals surface area contributed by atoms with Crippen LogP contribution in [0.5, 0.6) is 11.5 Å². The average Bonchev–Trinajstić information content (AvgIpc) is 3.19. The summed E-state index contributed by atoms with van der Waals surface area (Å²) >= 11 is 0. The van der Waals surface area contributed by atoms with Gasteiger partial charge in [-0.2, -0.15) is 19.1 Å². The molecule has 0 saturated carbocycles. The number of aromatic nitrogens is 3. The van der Waals surface area contributed by atoms with Gasteiger partial charge < -0.3 is 9.47 Å². The Morgan fingerprint density at radius 3 is 2.77 bits per heavy atom. The predicted molar refractivity (Wildman–Crippen MR) is 88.0 cm³/mol. The molecule has 0 unspecified atom stereocenters. The zero-order valence-electron chi connectivity index (χ0n) is 13.6. The van der Waals surface area contributed by atoms with Crippen LogP contribution in [-0.4, -0.2) is 28.9 Å². The molecule has 0 radical (unpaired) electrons. The van der Waals surface area contributed by atoms with Crippen molar-refractivity contribution < 1.29 is 18.3 Å². The highest BCUT2D eigenvalue weighted by Gasteiger charge is 2.28. The van der Waals surface area contributed by atoms with Crippen LogP contribution in [-0.2, 0) is 6.42 Å². The van der Waals surface area contributed by atoms with Crippen LogP contribution in [0, 0.1) is 11.3 Å². The Labute approximate surface area is 147 Å². The number of fused-ring (bicyclic) bond motifs is 3. The second-order valence-corrected chi connectivity index (χ2v) is 5.69. The van der Waals surface area contributed by atoms with E-state index in [0.29, 0.717) is 17.8 Å². The highest BCUT2D eigenvalue weighted by Crippen LogP contribution is 2.44. The van der Waals surface area contributed by atoms with E-state index in [9.17, 15) is 8.78 Å². The molecule has 0 aliphatic heterocycles. The Morgan fingerprint density at radius 2 is 2.12 bits per heavy atom. The Bertz CT molecular complexity index is 1020. The van der Waals surface area contributed by atoms with Gasteiger partial charge in [0.2, 0.25) is 0 Å². The van der Waals surface area contributed by atoms with Crippen LogP contribution in [0.25, 0.3) is 22.5 Å². The van der Waals surface area contributed by atoms with Gasteiger partial charge in [0, 0.05) is 29.3 Å². The molecule has 1 aromatic carbocycles. The number of H-pyrrole nitrogens is 1. The first kappa shape index (κ1) is 16.0. The minimum atomic E-state index is -2.93. The van der Waals surface area contributed by atoms with E-state index in [1.54, 1.807) is 30.5 Å². The molecule has 0 amide bonds. The first-order valence-corrected chi connectivity index (χ1v) is 7.70. The van der Waals surface area contributed by atoms with E-state index >= 15 is 0 Å². The molecule has 1 aliphatic carbocycles. The van der Waals surface area contributed by atoms with Gasteiger partial charge in [0.1, 0.15) is 11.8 Å². The third kappa shape index (κ3) is 2.54. The van der Waals surface area contributed by atoms with Gasteiger partial charge in [0.05, 0.1) is 18.5 Å². The van der Waals surface area contributed by atoms with Crippen LogP contribution in [0.4, 0.5) is 8.78 Å². The third-order valence-corrected chi connectivity index (χ3v) is 4.26. The van der Waals surface area contributed by atoms with Crippen molar-refractivity contribution in [3.8, 4) is 40.1 Å². The Kier molecular flexibility index (Phi) is 3.77. The average molecular weight is 354 g/mol. The molecule has 1 aliphatic rings. The first-order chi connectivity index (χ1) is 12.6. The van der Waals surface area contributed by atoms with Crippen molar-refractivity contribution in [2.75, 3.05) is 7.11 Å². The van der Waals surface area contributed by atoms with Crippen LogP contribution in [0.15, 0.2) is 30.5 Å². The zero-order chi connectivity index (χ0) is 18.3. The largest absolute Gasteiger partial charge is 0.493 e. The van der Waals surface area contributed by atoms with Crippen LogP contribution in [0.3, 0.4) is 0 Å². The van der Waals surface area contributed by atoms with Gasteiger partial charge in [-0.05, 0) is 29.8 Å². The molecule has 0 spiro atoms. The van der Waals surface area contributed by atoms with E-state index in [1.165, 1.54) is 7.11 Å². The van der Waals surface area contributed by atoms with Crippen molar-refractivity contribution in [3.05, 3.63) is 47.3 Å². The van der Waals surface area contributed by atoms with E-state index in [1.807, 2.05) is 6.07 Å². The Balaban J connectivity index is 1.76. The van der Waals surface area contributed by atoms with Crippen LogP contribution in [0.2, 0.25) is 0 Å². The van der Waals surface area contributed by atoms with Gasteiger partial charge in [-0.3, -0.25) is 5.10 Å². The third-order valence-electron chi connectivity index (χ3n) is 4.26. The number of hydrogen-bond acceptors (Lipinski definition) is 5. The summed E-state index contributed by atoms with van der Waals surface area (Å²) in [6.45, 7) is -2.93. The minimum absolute atomic E-state index is 0.000881.